The minimum Gasteiger partial charge on any atom is -0.375 e. The molecule has 2 aromatic carbocycles. The highest BCUT2D eigenvalue weighted by Crippen LogP contribution is 2.30. The molecule has 0 spiro atoms. The number of nitriles is 1. The molecule has 0 radical (unpaired) electrons. The van der Waals surface area contributed by atoms with Crippen molar-refractivity contribution in [2.24, 2.45) is 0 Å². The van der Waals surface area contributed by atoms with Crippen LogP contribution < -0.4 is 5.32 Å². The highest BCUT2D eigenvalue weighted by atomic mass is 79.9. The molecule has 0 atom stereocenters. The lowest BCUT2D eigenvalue weighted by molar-refractivity contribution is -0.384. The standard InChI is InChI=1S/C14H9BrFN3O2/c15-11-5-14(19(20)21)13(6-12(11)16)18-8-10-3-1-9(7-17)2-4-10/h1-6,18H,8H2. The molecule has 106 valence electrons. The highest BCUT2D eigenvalue weighted by molar-refractivity contribution is 9.10. The van der Waals surface area contributed by atoms with Gasteiger partial charge in [-0.3, -0.25) is 10.1 Å². The Bertz CT molecular complexity index is 726. The van der Waals surface area contributed by atoms with Gasteiger partial charge in [-0.05, 0) is 33.6 Å². The SMILES string of the molecule is N#Cc1ccc(CNc2cc(F)c(Br)cc2[N+](=O)[O-])cc1. The number of hydrogen-bond acceptors (Lipinski definition) is 4. The second-order valence-electron chi connectivity index (χ2n) is 4.20. The number of benzene rings is 2. The van der Waals surface area contributed by atoms with Crippen LogP contribution in [0.5, 0.6) is 0 Å². The molecule has 0 heterocycles. The molecular weight excluding hydrogens is 341 g/mol. The summed E-state index contributed by atoms with van der Waals surface area (Å²) in [5.74, 6) is -0.581. The molecule has 0 amide bonds. The quantitative estimate of drug-likeness (QED) is 0.668. The first kappa shape index (κ1) is 14.9. The van der Waals surface area contributed by atoms with E-state index in [-0.39, 0.29) is 22.4 Å². The van der Waals surface area contributed by atoms with Gasteiger partial charge in [0.15, 0.2) is 0 Å². The summed E-state index contributed by atoms with van der Waals surface area (Å²) in [6, 6.07) is 10.9. The van der Waals surface area contributed by atoms with Gasteiger partial charge in [-0.15, -0.1) is 0 Å². The van der Waals surface area contributed by atoms with Crippen LogP contribution in [0.3, 0.4) is 0 Å². The average Bonchev–Trinajstić information content (AvgIpc) is 2.48. The first-order valence-corrected chi connectivity index (χ1v) is 6.67. The summed E-state index contributed by atoms with van der Waals surface area (Å²) >= 11 is 2.92. The van der Waals surface area contributed by atoms with Crippen LogP contribution in [0.15, 0.2) is 40.9 Å². The predicted molar refractivity (Wildman–Crippen MR) is 79.2 cm³/mol. The maximum absolute atomic E-state index is 13.5. The summed E-state index contributed by atoms with van der Waals surface area (Å²) in [6.45, 7) is 0.285. The second-order valence-corrected chi connectivity index (χ2v) is 5.06. The number of nitro benzene ring substituents is 1. The Labute approximate surface area is 128 Å². The fourth-order valence-electron chi connectivity index (χ4n) is 1.72. The summed E-state index contributed by atoms with van der Waals surface area (Å²) in [5.41, 5.74) is 1.24. The Morgan fingerprint density at radius 2 is 2.00 bits per heavy atom. The lowest BCUT2D eigenvalue weighted by Gasteiger charge is -2.08. The van der Waals surface area contributed by atoms with Gasteiger partial charge < -0.3 is 5.32 Å². The third-order valence-corrected chi connectivity index (χ3v) is 3.41. The monoisotopic (exact) mass is 349 g/mol. The molecule has 1 N–H and O–H groups in total. The Kier molecular flexibility index (Phi) is 4.50. The first-order chi connectivity index (χ1) is 10.0. The molecule has 0 aliphatic rings. The smallest absolute Gasteiger partial charge is 0.293 e. The van der Waals surface area contributed by atoms with E-state index in [1.54, 1.807) is 24.3 Å². The molecule has 2 rings (SSSR count). The predicted octanol–water partition coefficient (Wildman–Crippen LogP) is 3.98. The molecule has 2 aromatic rings. The van der Waals surface area contributed by atoms with Crippen LogP contribution >= 0.6 is 15.9 Å². The van der Waals surface area contributed by atoms with Gasteiger partial charge in [0, 0.05) is 18.7 Å². The minimum atomic E-state index is -0.581. The van der Waals surface area contributed by atoms with Crippen molar-refractivity contribution in [1.82, 2.24) is 0 Å². The molecule has 0 aromatic heterocycles. The van der Waals surface area contributed by atoms with Crippen molar-refractivity contribution in [1.29, 1.82) is 5.26 Å². The van der Waals surface area contributed by atoms with E-state index in [2.05, 4.69) is 21.2 Å². The van der Waals surface area contributed by atoms with Crippen LogP contribution in [0.25, 0.3) is 0 Å². The van der Waals surface area contributed by atoms with Gasteiger partial charge in [0.25, 0.3) is 5.69 Å². The molecule has 0 unspecified atom stereocenters. The van der Waals surface area contributed by atoms with Crippen molar-refractivity contribution < 1.29 is 9.31 Å². The molecule has 5 nitrogen and oxygen atoms in total. The van der Waals surface area contributed by atoms with E-state index in [0.29, 0.717) is 5.56 Å². The number of nitrogens with one attached hydrogen (secondary N) is 1. The highest BCUT2D eigenvalue weighted by Gasteiger charge is 2.17. The van der Waals surface area contributed by atoms with E-state index in [0.717, 1.165) is 17.7 Å². The van der Waals surface area contributed by atoms with Crippen molar-refractivity contribution >= 4 is 27.3 Å². The topological polar surface area (TPSA) is 79.0 Å². The summed E-state index contributed by atoms with van der Waals surface area (Å²) in [5, 5.41) is 22.5. The number of nitrogens with zero attached hydrogens (tertiary/aromatic N) is 2. The van der Waals surface area contributed by atoms with Gasteiger partial charge >= 0.3 is 0 Å². The normalized spacial score (nSPS) is 9.95. The Morgan fingerprint density at radius 3 is 2.57 bits per heavy atom. The van der Waals surface area contributed by atoms with Crippen molar-refractivity contribution in [3.05, 3.63) is 67.9 Å². The lowest BCUT2D eigenvalue weighted by atomic mass is 10.1. The fourth-order valence-corrected chi connectivity index (χ4v) is 2.05. The number of nitro groups is 1. The molecule has 7 heteroatoms. The van der Waals surface area contributed by atoms with E-state index in [1.807, 2.05) is 6.07 Å². The van der Waals surface area contributed by atoms with Crippen molar-refractivity contribution in [3.8, 4) is 6.07 Å². The van der Waals surface area contributed by atoms with Gasteiger partial charge in [0.2, 0.25) is 0 Å². The van der Waals surface area contributed by atoms with Crippen molar-refractivity contribution in [3.63, 3.8) is 0 Å². The zero-order chi connectivity index (χ0) is 15.4. The van der Waals surface area contributed by atoms with E-state index in [9.17, 15) is 14.5 Å². The van der Waals surface area contributed by atoms with Crippen LogP contribution in [-0.2, 0) is 6.54 Å². The van der Waals surface area contributed by atoms with Gasteiger partial charge in [-0.1, -0.05) is 12.1 Å². The summed E-state index contributed by atoms with van der Waals surface area (Å²) in [4.78, 5) is 10.4. The Hall–Kier alpha value is -2.46. The molecule has 0 saturated heterocycles. The Balaban J connectivity index is 2.21. The summed E-state index contributed by atoms with van der Waals surface area (Å²) < 4.78 is 13.5. The molecule has 0 fully saturated rings. The van der Waals surface area contributed by atoms with Crippen LogP contribution in [0.2, 0.25) is 0 Å². The zero-order valence-electron chi connectivity index (χ0n) is 10.6. The van der Waals surface area contributed by atoms with Gasteiger partial charge in [0.05, 0.1) is 21.0 Å². The molecule has 0 bridgehead atoms. The van der Waals surface area contributed by atoms with Crippen LogP contribution in [-0.4, -0.2) is 4.92 Å². The number of rotatable bonds is 4. The van der Waals surface area contributed by atoms with E-state index in [4.69, 9.17) is 5.26 Å². The fraction of sp³-hybridized carbons (Fsp3) is 0.0714. The molecule has 0 saturated carbocycles. The third kappa shape index (κ3) is 3.55. The third-order valence-electron chi connectivity index (χ3n) is 2.80. The maximum atomic E-state index is 13.5. The summed E-state index contributed by atoms with van der Waals surface area (Å²) in [6.07, 6.45) is 0. The largest absolute Gasteiger partial charge is 0.375 e. The zero-order valence-corrected chi connectivity index (χ0v) is 12.2. The Morgan fingerprint density at radius 1 is 1.33 bits per heavy atom. The van der Waals surface area contributed by atoms with E-state index in [1.165, 1.54) is 0 Å². The van der Waals surface area contributed by atoms with Gasteiger partial charge in [0.1, 0.15) is 11.5 Å². The molecular formula is C14H9BrFN3O2. The second kappa shape index (κ2) is 6.33. The first-order valence-electron chi connectivity index (χ1n) is 5.87. The van der Waals surface area contributed by atoms with Crippen molar-refractivity contribution in [2.45, 2.75) is 6.54 Å². The van der Waals surface area contributed by atoms with Crippen LogP contribution in [0.4, 0.5) is 15.8 Å². The maximum Gasteiger partial charge on any atom is 0.293 e. The number of anilines is 1. The van der Waals surface area contributed by atoms with Crippen LogP contribution in [0, 0.1) is 27.3 Å². The van der Waals surface area contributed by atoms with E-state index < -0.39 is 10.7 Å². The van der Waals surface area contributed by atoms with Crippen LogP contribution in [0.1, 0.15) is 11.1 Å². The number of halogens is 2. The van der Waals surface area contributed by atoms with E-state index >= 15 is 0 Å². The molecule has 0 aliphatic carbocycles. The van der Waals surface area contributed by atoms with Gasteiger partial charge in [-0.2, -0.15) is 5.26 Å². The lowest BCUT2D eigenvalue weighted by Crippen LogP contribution is -2.03. The minimum absolute atomic E-state index is 0.0399. The molecule has 21 heavy (non-hydrogen) atoms. The summed E-state index contributed by atoms with van der Waals surface area (Å²) in [7, 11) is 0. The number of hydrogen-bond donors (Lipinski definition) is 1. The van der Waals surface area contributed by atoms with Crippen molar-refractivity contribution in [2.75, 3.05) is 5.32 Å². The van der Waals surface area contributed by atoms with Gasteiger partial charge in [-0.25, -0.2) is 4.39 Å². The average molecular weight is 350 g/mol. The molecule has 0 aliphatic heterocycles.